The van der Waals surface area contributed by atoms with E-state index in [4.69, 9.17) is 5.26 Å². The highest BCUT2D eigenvalue weighted by atomic mass is 16.3. The normalized spacial score (nSPS) is 25.1. The molecule has 96 valence electrons. The maximum atomic E-state index is 9.62. The van der Waals surface area contributed by atoms with Gasteiger partial charge in [0, 0.05) is 13.0 Å². The van der Waals surface area contributed by atoms with Gasteiger partial charge in [-0.1, -0.05) is 27.7 Å². The van der Waals surface area contributed by atoms with E-state index in [1.165, 1.54) is 0 Å². The van der Waals surface area contributed by atoms with Crippen molar-refractivity contribution in [1.82, 2.24) is 4.90 Å². The van der Waals surface area contributed by atoms with E-state index in [2.05, 4.69) is 18.0 Å². The van der Waals surface area contributed by atoms with E-state index in [1.807, 2.05) is 27.7 Å². The molecule has 0 saturated carbocycles. The van der Waals surface area contributed by atoms with Crippen LogP contribution in [0.25, 0.3) is 0 Å². The maximum Gasteiger partial charge on any atom is 0.0625 e. The highest BCUT2D eigenvalue weighted by molar-refractivity contribution is 4.83. The van der Waals surface area contributed by atoms with Crippen molar-refractivity contribution in [1.29, 1.82) is 5.26 Å². The smallest absolute Gasteiger partial charge is 0.0625 e. The molecule has 2 atom stereocenters. The molecule has 0 radical (unpaired) electrons. The van der Waals surface area contributed by atoms with Gasteiger partial charge >= 0.3 is 0 Å². The summed E-state index contributed by atoms with van der Waals surface area (Å²) in [6.07, 6.45) is 1.98. The summed E-state index contributed by atoms with van der Waals surface area (Å²) in [5, 5.41) is 18.1. The Morgan fingerprint density at radius 3 is 2.19 bits per heavy atom. The van der Waals surface area contributed by atoms with E-state index < -0.39 is 0 Å². The molecule has 0 aliphatic carbocycles. The van der Waals surface area contributed by atoms with Crippen LogP contribution in [0.3, 0.4) is 0 Å². The summed E-state index contributed by atoms with van der Waals surface area (Å²) in [5.74, 6) is 0.194. The van der Waals surface area contributed by atoms with Gasteiger partial charge in [0.1, 0.15) is 0 Å². The number of likely N-dealkylation sites (tertiary alicyclic amines) is 1. The minimum absolute atomic E-state index is 0.194. The fourth-order valence-corrected chi connectivity index (χ4v) is 1.63. The Labute approximate surface area is 101 Å². The highest BCUT2D eigenvalue weighted by Gasteiger charge is 2.22. The van der Waals surface area contributed by atoms with Crippen LogP contribution in [0.2, 0.25) is 0 Å². The van der Waals surface area contributed by atoms with E-state index in [0.29, 0.717) is 6.42 Å². The molecule has 16 heavy (non-hydrogen) atoms. The number of nitriles is 1. The van der Waals surface area contributed by atoms with Gasteiger partial charge < -0.3 is 10.0 Å². The van der Waals surface area contributed by atoms with Crippen LogP contribution in [0.1, 0.15) is 47.0 Å². The fraction of sp³-hybridized carbons (Fsp3) is 0.923. The van der Waals surface area contributed by atoms with Crippen molar-refractivity contribution in [3.05, 3.63) is 0 Å². The minimum Gasteiger partial charge on any atom is -0.393 e. The molecule has 1 fully saturated rings. The molecule has 1 aliphatic rings. The van der Waals surface area contributed by atoms with Crippen molar-refractivity contribution in [2.75, 3.05) is 20.1 Å². The third kappa shape index (κ3) is 7.67. The summed E-state index contributed by atoms with van der Waals surface area (Å²) in [4.78, 5) is 2.21. The Hall–Kier alpha value is -0.590. The van der Waals surface area contributed by atoms with Crippen molar-refractivity contribution in [3.8, 4) is 6.07 Å². The van der Waals surface area contributed by atoms with Crippen molar-refractivity contribution in [3.63, 3.8) is 0 Å². The van der Waals surface area contributed by atoms with Crippen LogP contribution in [-0.4, -0.2) is 36.2 Å². The second kappa shape index (κ2) is 12.5. The zero-order valence-electron chi connectivity index (χ0n) is 11.5. The van der Waals surface area contributed by atoms with Crippen molar-refractivity contribution < 1.29 is 5.11 Å². The average Bonchev–Trinajstić information content (AvgIpc) is 2.50. The lowest BCUT2D eigenvalue weighted by Crippen LogP contribution is -2.20. The van der Waals surface area contributed by atoms with Gasteiger partial charge in [-0.2, -0.15) is 5.26 Å². The van der Waals surface area contributed by atoms with Crippen molar-refractivity contribution in [2.45, 2.75) is 53.1 Å². The van der Waals surface area contributed by atoms with Gasteiger partial charge in [-0.05, 0) is 32.4 Å². The Morgan fingerprint density at radius 2 is 1.69 bits per heavy atom. The molecular formula is C13H28N2O. The van der Waals surface area contributed by atoms with Gasteiger partial charge in [0.2, 0.25) is 0 Å². The molecule has 0 aromatic carbocycles. The van der Waals surface area contributed by atoms with Gasteiger partial charge in [-0.3, -0.25) is 0 Å². The molecule has 1 heterocycles. The molecule has 3 nitrogen and oxygen atoms in total. The van der Waals surface area contributed by atoms with Gasteiger partial charge in [-0.25, -0.2) is 0 Å². The average molecular weight is 228 g/mol. The lowest BCUT2D eigenvalue weighted by atomic mass is 9.95. The molecule has 1 aliphatic heterocycles. The first-order valence-electron chi connectivity index (χ1n) is 6.47. The van der Waals surface area contributed by atoms with E-state index in [1.54, 1.807) is 0 Å². The third-order valence-corrected chi connectivity index (χ3v) is 2.59. The third-order valence-electron chi connectivity index (χ3n) is 2.59. The Bertz CT molecular complexity index is 177. The molecule has 0 aromatic rings. The predicted octanol–water partition coefficient (Wildman–Crippen LogP) is 2.66. The summed E-state index contributed by atoms with van der Waals surface area (Å²) in [6.45, 7) is 9.95. The van der Waals surface area contributed by atoms with Crippen LogP contribution in [0.5, 0.6) is 0 Å². The molecule has 2 unspecified atom stereocenters. The van der Waals surface area contributed by atoms with Crippen LogP contribution < -0.4 is 0 Å². The number of aliphatic hydroxyl groups excluding tert-OH is 1. The zero-order chi connectivity index (χ0) is 13.0. The maximum absolute atomic E-state index is 9.62. The molecule has 1 saturated heterocycles. The lowest BCUT2D eigenvalue weighted by molar-refractivity contribution is 0.106. The predicted molar refractivity (Wildman–Crippen MR) is 69.2 cm³/mol. The molecule has 0 bridgehead atoms. The van der Waals surface area contributed by atoms with Gasteiger partial charge in [0.05, 0.1) is 12.2 Å². The van der Waals surface area contributed by atoms with Crippen LogP contribution in [-0.2, 0) is 0 Å². The van der Waals surface area contributed by atoms with Crippen LogP contribution >= 0.6 is 0 Å². The van der Waals surface area contributed by atoms with E-state index in [0.717, 1.165) is 25.9 Å². The standard InChI is InChI=1S/C9H16N2O.2C2H6/c1-11-6-3-8(2-5-10)9(12)4-7-11;2*1-2/h8-9,12H,2-4,6-7H2,1H3;2*1-2H3. The SMILES string of the molecule is CC.CC.CN1CCC(O)C(CC#N)CC1. The molecule has 0 spiro atoms. The van der Waals surface area contributed by atoms with E-state index in [-0.39, 0.29) is 12.0 Å². The first-order valence-corrected chi connectivity index (χ1v) is 6.47. The first kappa shape index (κ1) is 17.8. The molecule has 0 amide bonds. The number of rotatable bonds is 1. The first-order chi connectivity index (χ1) is 7.74. The monoisotopic (exact) mass is 228 g/mol. The Morgan fingerprint density at radius 1 is 1.19 bits per heavy atom. The van der Waals surface area contributed by atoms with Gasteiger partial charge in [-0.15, -0.1) is 0 Å². The second-order valence-electron chi connectivity index (χ2n) is 3.57. The largest absolute Gasteiger partial charge is 0.393 e. The van der Waals surface area contributed by atoms with Crippen LogP contribution in [0.4, 0.5) is 0 Å². The summed E-state index contributed by atoms with van der Waals surface area (Å²) in [7, 11) is 2.06. The lowest BCUT2D eigenvalue weighted by Gasteiger charge is -2.15. The van der Waals surface area contributed by atoms with Gasteiger partial charge in [0.25, 0.3) is 0 Å². The Balaban J connectivity index is 0. The quantitative estimate of drug-likeness (QED) is 0.750. The summed E-state index contributed by atoms with van der Waals surface area (Å²) >= 11 is 0. The summed E-state index contributed by atoms with van der Waals surface area (Å²) < 4.78 is 0. The number of hydrogen-bond donors (Lipinski definition) is 1. The minimum atomic E-state index is -0.269. The van der Waals surface area contributed by atoms with E-state index in [9.17, 15) is 5.11 Å². The second-order valence-corrected chi connectivity index (χ2v) is 3.57. The fourth-order valence-electron chi connectivity index (χ4n) is 1.63. The molecular weight excluding hydrogens is 200 g/mol. The van der Waals surface area contributed by atoms with E-state index >= 15 is 0 Å². The van der Waals surface area contributed by atoms with Crippen molar-refractivity contribution >= 4 is 0 Å². The molecule has 3 heteroatoms. The van der Waals surface area contributed by atoms with Crippen LogP contribution in [0, 0.1) is 17.2 Å². The number of aliphatic hydroxyl groups is 1. The van der Waals surface area contributed by atoms with Crippen LogP contribution in [0.15, 0.2) is 0 Å². The topological polar surface area (TPSA) is 47.3 Å². The van der Waals surface area contributed by atoms with Crippen molar-refractivity contribution in [2.24, 2.45) is 5.92 Å². The molecule has 1 N–H and O–H groups in total. The Kier molecular flexibility index (Phi) is 13.9. The number of hydrogen-bond acceptors (Lipinski definition) is 3. The number of nitrogens with zero attached hydrogens (tertiary/aromatic N) is 2. The summed E-state index contributed by atoms with van der Waals surface area (Å²) in [5.41, 5.74) is 0. The zero-order valence-corrected chi connectivity index (χ0v) is 11.5. The molecule has 0 aromatic heterocycles. The summed E-state index contributed by atoms with van der Waals surface area (Å²) in [6, 6.07) is 2.13. The van der Waals surface area contributed by atoms with Gasteiger partial charge in [0.15, 0.2) is 0 Å². The highest BCUT2D eigenvalue weighted by Crippen LogP contribution is 2.19. The molecule has 1 rings (SSSR count).